The predicted molar refractivity (Wildman–Crippen MR) is 99.1 cm³/mol. The molecule has 2 unspecified atom stereocenters. The van der Waals surface area contributed by atoms with Gasteiger partial charge in [-0.2, -0.15) is 0 Å². The second kappa shape index (κ2) is 10.3. The van der Waals surface area contributed by atoms with Crippen LogP contribution in [-0.4, -0.2) is 25.7 Å². The fourth-order valence-corrected chi connectivity index (χ4v) is 3.99. The summed E-state index contributed by atoms with van der Waals surface area (Å²) in [6.45, 7) is 2.42. The maximum Gasteiger partial charge on any atom is 0.321 e. The van der Waals surface area contributed by atoms with Crippen LogP contribution in [0.5, 0.6) is 0 Å². The Bertz CT molecular complexity index is 597. The molecule has 0 radical (unpaired) electrons. The standard InChI is InChI=1S/C20H26O4S/c1-3-4-5-6-10-13-17(25-15-11-8-7-9-12-15)16-14-24-20(22)18(16)19(21)23-2/h7-9,11-13,16,18H,3-6,10,14H2,1-2H3/b17-13+. The highest BCUT2D eigenvalue weighted by Gasteiger charge is 2.45. The lowest BCUT2D eigenvalue weighted by molar-refractivity contribution is -0.154. The summed E-state index contributed by atoms with van der Waals surface area (Å²) < 4.78 is 9.99. The zero-order chi connectivity index (χ0) is 18.1. The van der Waals surface area contributed by atoms with E-state index < -0.39 is 17.9 Å². The highest BCUT2D eigenvalue weighted by atomic mass is 32.2. The molecule has 2 rings (SSSR count). The molecule has 1 aliphatic rings. The van der Waals surface area contributed by atoms with Gasteiger partial charge in [0.2, 0.25) is 0 Å². The van der Waals surface area contributed by atoms with Gasteiger partial charge >= 0.3 is 11.9 Å². The number of hydrogen-bond donors (Lipinski definition) is 0. The first-order valence-electron chi connectivity index (χ1n) is 8.84. The second-order valence-electron chi connectivity index (χ2n) is 6.11. The van der Waals surface area contributed by atoms with Crippen molar-refractivity contribution in [2.75, 3.05) is 13.7 Å². The molecule has 0 N–H and O–H groups in total. The average Bonchev–Trinajstić information content (AvgIpc) is 3.02. The highest BCUT2D eigenvalue weighted by Crippen LogP contribution is 2.39. The van der Waals surface area contributed by atoms with Crippen LogP contribution < -0.4 is 0 Å². The molecule has 4 nitrogen and oxygen atoms in total. The van der Waals surface area contributed by atoms with Crippen molar-refractivity contribution in [3.05, 3.63) is 41.3 Å². The summed E-state index contributed by atoms with van der Waals surface area (Å²) in [6.07, 6.45) is 7.83. The molecule has 0 bridgehead atoms. The summed E-state index contributed by atoms with van der Waals surface area (Å²) in [7, 11) is 1.31. The van der Waals surface area contributed by atoms with Crippen LogP contribution in [0.1, 0.15) is 39.0 Å². The lowest BCUT2D eigenvalue weighted by Gasteiger charge is -2.17. The third-order valence-corrected chi connectivity index (χ3v) is 5.48. The molecule has 136 valence electrons. The van der Waals surface area contributed by atoms with Crippen molar-refractivity contribution in [1.82, 2.24) is 0 Å². The van der Waals surface area contributed by atoms with Gasteiger partial charge in [0.15, 0.2) is 5.92 Å². The van der Waals surface area contributed by atoms with E-state index >= 15 is 0 Å². The zero-order valence-electron chi connectivity index (χ0n) is 14.9. The van der Waals surface area contributed by atoms with E-state index in [0.29, 0.717) is 0 Å². The van der Waals surface area contributed by atoms with Crippen LogP contribution in [0.25, 0.3) is 0 Å². The molecule has 0 saturated carbocycles. The van der Waals surface area contributed by atoms with E-state index in [9.17, 15) is 9.59 Å². The molecule has 0 spiro atoms. The van der Waals surface area contributed by atoms with Crippen LogP contribution in [0, 0.1) is 11.8 Å². The Hall–Kier alpha value is -1.75. The van der Waals surface area contributed by atoms with Gasteiger partial charge < -0.3 is 9.47 Å². The number of methoxy groups -OCH3 is 1. The van der Waals surface area contributed by atoms with E-state index in [2.05, 4.69) is 13.0 Å². The summed E-state index contributed by atoms with van der Waals surface area (Å²) in [6, 6.07) is 9.99. The molecule has 0 aliphatic carbocycles. The van der Waals surface area contributed by atoms with Crippen LogP contribution in [-0.2, 0) is 19.1 Å². The number of thioether (sulfide) groups is 1. The average molecular weight is 362 g/mol. The summed E-state index contributed by atoms with van der Waals surface area (Å²) in [5.74, 6) is -2.13. The Morgan fingerprint density at radius 1 is 1.28 bits per heavy atom. The van der Waals surface area contributed by atoms with Gasteiger partial charge in [-0.3, -0.25) is 9.59 Å². The van der Waals surface area contributed by atoms with Crippen molar-refractivity contribution in [2.24, 2.45) is 11.8 Å². The van der Waals surface area contributed by atoms with Crippen molar-refractivity contribution in [3.63, 3.8) is 0 Å². The third-order valence-electron chi connectivity index (χ3n) is 4.26. The smallest absolute Gasteiger partial charge is 0.321 e. The second-order valence-corrected chi connectivity index (χ2v) is 7.26. The maximum absolute atomic E-state index is 12.0. The molecule has 1 fully saturated rings. The third kappa shape index (κ3) is 5.63. The maximum atomic E-state index is 12.0. The Morgan fingerprint density at radius 2 is 2.04 bits per heavy atom. The normalized spacial score (nSPS) is 20.4. The molecular formula is C20H26O4S. The molecule has 0 aromatic heterocycles. The number of unbranched alkanes of at least 4 members (excludes halogenated alkanes) is 4. The van der Waals surface area contributed by atoms with Crippen LogP contribution in [0.15, 0.2) is 46.2 Å². The molecule has 1 aromatic rings. The van der Waals surface area contributed by atoms with Gasteiger partial charge in [-0.25, -0.2) is 0 Å². The van der Waals surface area contributed by atoms with Crippen molar-refractivity contribution in [2.45, 2.75) is 43.9 Å². The van der Waals surface area contributed by atoms with Crippen LogP contribution in [0.4, 0.5) is 0 Å². The Labute approximate surface area is 154 Å². The predicted octanol–water partition coefficient (Wildman–Crippen LogP) is 4.60. The van der Waals surface area contributed by atoms with Crippen molar-refractivity contribution < 1.29 is 19.1 Å². The quantitative estimate of drug-likeness (QED) is 0.278. The van der Waals surface area contributed by atoms with E-state index in [0.717, 1.165) is 22.6 Å². The first-order chi connectivity index (χ1) is 12.2. The van der Waals surface area contributed by atoms with Gasteiger partial charge in [-0.15, -0.1) is 0 Å². The SMILES string of the molecule is CCCCCC/C=C(/Sc1ccccc1)C1COC(=O)C1C(=O)OC. The number of carbonyl (C=O) groups excluding carboxylic acids is 2. The Morgan fingerprint density at radius 3 is 2.72 bits per heavy atom. The summed E-state index contributed by atoms with van der Waals surface area (Å²) >= 11 is 1.60. The minimum Gasteiger partial charge on any atom is -0.468 e. The largest absolute Gasteiger partial charge is 0.468 e. The number of rotatable bonds is 9. The first-order valence-corrected chi connectivity index (χ1v) is 9.66. The van der Waals surface area contributed by atoms with Gasteiger partial charge in [0.25, 0.3) is 0 Å². The summed E-state index contributed by atoms with van der Waals surface area (Å²) in [5.41, 5.74) is 0. The number of carbonyl (C=O) groups is 2. The van der Waals surface area contributed by atoms with Crippen LogP contribution in [0.3, 0.4) is 0 Å². The van der Waals surface area contributed by atoms with Gasteiger partial charge in [-0.1, -0.05) is 62.2 Å². The molecule has 1 aliphatic heterocycles. The molecule has 1 aromatic carbocycles. The molecule has 2 atom stereocenters. The minimum absolute atomic E-state index is 0.235. The molecular weight excluding hydrogens is 336 g/mol. The molecule has 0 amide bonds. The van der Waals surface area contributed by atoms with Crippen molar-refractivity contribution in [1.29, 1.82) is 0 Å². The van der Waals surface area contributed by atoms with Gasteiger partial charge in [0.05, 0.1) is 7.11 Å². The number of ether oxygens (including phenoxy) is 2. The van der Waals surface area contributed by atoms with Crippen LogP contribution >= 0.6 is 11.8 Å². The number of allylic oxidation sites excluding steroid dienone is 1. The molecule has 1 saturated heterocycles. The first kappa shape index (κ1) is 19.6. The monoisotopic (exact) mass is 362 g/mol. The summed E-state index contributed by atoms with van der Waals surface area (Å²) in [4.78, 5) is 26.2. The van der Waals surface area contributed by atoms with Gasteiger partial charge in [0.1, 0.15) is 6.61 Å². The Kier molecular flexibility index (Phi) is 8.06. The van der Waals surface area contributed by atoms with E-state index in [4.69, 9.17) is 9.47 Å². The fraction of sp³-hybridized carbons (Fsp3) is 0.500. The van der Waals surface area contributed by atoms with E-state index in [-0.39, 0.29) is 12.5 Å². The van der Waals surface area contributed by atoms with Crippen molar-refractivity contribution in [3.8, 4) is 0 Å². The number of esters is 2. The van der Waals surface area contributed by atoms with Crippen LogP contribution in [0.2, 0.25) is 0 Å². The van der Waals surface area contributed by atoms with E-state index in [1.807, 2.05) is 30.3 Å². The summed E-state index contributed by atoms with van der Waals surface area (Å²) in [5, 5.41) is 0. The molecule has 5 heteroatoms. The number of cyclic esters (lactones) is 1. The number of hydrogen-bond acceptors (Lipinski definition) is 5. The topological polar surface area (TPSA) is 52.6 Å². The van der Waals surface area contributed by atoms with Gasteiger partial charge in [0, 0.05) is 10.8 Å². The molecule has 1 heterocycles. The lowest BCUT2D eigenvalue weighted by Crippen LogP contribution is -2.27. The minimum atomic E-state index is -0.858. The van der Waals surface area contributed by atoms with Gasteiger partial charge in [-0.05, 0) is 29.9 Å². The number of benzene rings is 1. The lowest BCUT2D eigenvalue weighted by atomic mass is 9.94. The van der Waals surface area contributed by atoms with E-state index in [1.54, 1.807) is 11.8 Å². The fourth-order valence-electron chi connectivity index (χ4n) is 2.86. The highest BCUT2D eigenvalue weighted by molar-refractivity contribution is 8.03. The molecule has 25 heavy (non-hydrogen) atoms. The Balaban J connectivity index is 2.16. The van der Waals surface area contributed by atoms with Crippen molar-refractivity contribution >= 4 is 23.7 Å². The zero-order valence-corrected chi connectivity index (χ0v) is 15.7. The van der Waals surface area contributed by atoms with E-state index in [1.165, 1.54) is 26.4 Å².